The van der Waals surface area contributed by atoms with Gasteiger partial charge < -0.3 is 14.6 Å². The van der Waals surface area contributed by atoms with E-state index in [2.05, 4.69) is 10.5 Å². The molecule has 2 aromatic carbocycles. The van der Waals surface area contributed by atoms with Crippen LogP contribution in [0.2, 0.25) is 0 Å². The maximum atomic E-state index is 11.8. The Morgan fingerprint density at radius 1 is 1.23 bits per heavy atom. The van der Waals surface area contributed by atoms with Gasteiger partial charge in [0.05, 0.1) is 12.6 Å². The standard InChI is InChI=1S/C16H14N2O4/c19-13-4-2-1-3-12(13)9-17-18-16(20)8-11-5-6-14-15(7-11)22-10-21-14/h1-7,9,19H,8,10H2,(H,18,20)/b17-9-. The normalized spacial score (nSPS) is 12.5. The highest BCUT2D eigenvalue weighted by Gasteiger charge is 2.14. The fraction of sp³-hybridized carbons (Fsp3) is 0.125. The van der Waals surface area contributed by atoms with Crippen molar-refractivity contribution in [3.63, 3.8) is 0 Å². The summed E-state index contributed by atoms with van der Waals surface area (Å²) in [6.07, 6.45) is 1.57. The van der Waals surface area contributed by atoms with Gasteiger partial charge in [-0.15, -0.1) is 0 Å². The van der Waals surface area contributed by atoms with Gasteiger partial charge in [0, 0.05) is 5.56 Å². The summed E-state index contributed by atoms with van der Waals surface area (Å²) in [5.74, 6) is 1.17. The molecule has 6 nitrogen and oxygen atoms in total. The van der Waals surface area contributed by atoms with Crippen LogP contribution in [0.5, 0.6) is 17.2 Å². The molecule has 22 heavy (non-hydrogen) atoms. The molecule has 2 N–H and O–H groups in total. The summed E-state index contributed by atoms with van der Waals surface area (Å²) in [7, 11) is 0. The zero-order valence-corrected chi connectivity index (χ0v) is 11.7. The number of nitrogens with zero attached hydrogens (tertiary/aromatic N) is 1. The lowest BCUT2D eigenvalue weighted by atomic mass is 10.1. The minimum atomic E-state index is -0.259. The number of para-hydroxylation sites is 1. The van der Waals surface area contributed by atoms with E-state index in [4.69, 9.17) is 9.47 Å². The van der Waals surface area contributed by atoms with Gasteiger partial charge >= 0.3 is 0 Å². The first-order valence-corrected chi connectivity index (χ1v) is 6.71. The van der Waals surface area contributed by atoms with E-state index in [-0.39, 0.29) is 24.9 Å². The second kappa shape index (κ2) is 6.17. The molecule has 1 aliphatic heterocycles. The number of hydrogen-bond donors (Lipinski definition) is 2. The lowest BCUT2D eigenvalue weighted by Crippen LogP contribution is -2.19. The molecule has 1 heterocycles. The number of carbonyl (C=O) groups is 1. The van der Waals surface area contributed by atoms with Crippen LogP contribution < -0.4 is 14.9 Å². The van der Waals surface area contributed by atoms with Crippen LogP contribution in [0.4, 0.5) is 0 Å². The van der Waals surface area contributed by atoms with Crippen molar-refractivity contribution in [1.29, 1.82) is 0 Å². The molecule has 3 rings (SSSR count). The average molecular weight is 298 g/mol. The lowest BCUT2D eigenvalue weighted by molar-refractivity contribution is -0.120. The number of carbonyl (C=O) groups excluding carboxylic acids is 1. The highest BCUT2D eigenvalue weighted by Crippen LogP contribution is 2.32. The Hall–Kier alpha value is -3.02. The van der Waals surface area contributed by atoms with Crippen LogP contribution in [-0.2, 0) is 11.2 Å². The number of rotatable bonds is 4. The van der Waals surface area contributed by atoms with E-state index in [0.29, 0.717) is 17.1 Å². The Labute approximate surface area is 127 Å². The van der Waals surface area contributed by atoms with Crippen molar-refractivity contribution in [2.75, 3.05) is 6.79 Å². The first-order valence-electron chi connectivity index (χ1n) is 6.71. The molecule has 1 amide bonds. The number of phenolic OH excluding ortho intramolecular Hbond substituents is 1. The third-order valence-corrected chi connectivity index (χ3v) is 3.13. The van der Waals surface area contributed by atoms with Gasteiger partial charge in [-0.05, 0) is 29.8 Å². The highest BCUT2D eigenvalue weighted by atomic mass is 16.7. The molecule has 0 aliphatic carbocycles. The number of hydrazone groups is 1. The van der Waals surface area contributed by atoms with Gasteiger partial charge in [0.25, 0.3) is 0 Å². The summed E-state index contributed by atoms with van der Waals surface area (Å²) in [6.45, 7) is 0.204. The van der Waals surface area contributed by atoms with Crippen molar-refractivity contribution in [2.24, 2.45) is 5.10 Å². The predicted octanol–water partition coefficient (Wildman–Crippen LogP) is 1.81. The fourth-order valence-corrected chi connectivity index (χ4v) is 2.05. The number of phenols is 1. The number of ether oxygens (including phenoxy) is 2. The molecular formula is C16H14N2O4. The molecule has 6 heteroatoms. The summed E-state index contributed by atoms with van der Waals surface area (Å²) in [5.41, 5.74) is 3.76. The van der Waals surface area contributed by atoms with E-state index in [1.807, 2.05) is 0 Å². The van der Waals surface area contributed by atoms with Gasteiger partial charge in [0.1, 0.15) is 5.75 Å². The van der Waals surface area contributed by atoms with Gasteiger partial charge in [0.15, 0.2) is 11.5 Å². The Kier molecular flexibility index (Phi) is 3.91. The maximum Gasteiger partial charge on any atom is 0.244 e. The van der Waals surface area contributed by atoms with Crippen LogP contribution in [0.1, 0.15) is 11.1 Å². The summed E-state index contributed by atoms with van der Waals surface area (Å²) in [6, 6.07) is 12.1. The van der Waals surface area contributed by atoms with Crippen LogP contribution in [0.25, 0.3) is 0 Å². The van der Waals surface area contributed by atoms with E-state index in [0.717, 1.165) is 5.56 Å². The van der Waals surface area contributed by atoms with Crippen LogP contribution in [-0.4, -0.2) is 24.0 Å². The molecule has 0 radical (unpaired) electrons. The number of benzene rings is 2. The minimum absolute atomic E-state index is 0.108. The number of fused-ring (bicyclic) bond motifs is 1. The topological polar surface area (TPSA) is 80.2 Å². The van der Waals surface area contributed by atoms with Crippen LogP contribution >= 0.6 is 0 Å². The Morgan fingerprint density at radius 2 is 2.05 bits per heavy atom. The molecule has 2 aromatic rings. The summed E-state index contributed by atoms with van der Waals surface area (Å²) < 4.78 is 10.5. The number of amides is 1. The molecule has 0 aromatic heterocycles. The summed E-state index contributed by atoms with van der Waals surface area (Å²) in [5, 5.41) is 13.4. The first kappa shape index (κ1) is 13.9. The quantitative estimate of drug-likeness (QED) is 0.666. The van der Waals surface area contributed by atoms with Gasteiger partial charge in [-0.3, -0.25) is 4.79 Å². The van der Waals surface area contributed by atoms with E-state index < -0.39 is 0 Å². The van der Waals surface area contributed by atoms with E-state index in [1.54, 1.807) is 42.5 Å². The molecule has 0 saturated heterocycles. The SMILES string of the molecule is O=C(Cc1ccc2c(c1)OCO2)N/N=C\c1ccccc1O. The molecule has 0 bridgehead atoms. The van der Waals surface area contributed by atoms with Crippen molar-refractivity contribution in [1.82, 2.24) is 5.43 Å². The van der Waals surface area contributed by atoms with Crippen molar-refractivity contribution < 1.29 is 19.4 Å². The maximum absolute atomic E-state index is 11.8. The second-order valence-electron chi connectivity index (χ2n) is 4.72. The Bertz CT molecular complexity index is 728. The van der Waals surface area contributed by atoms with Crippen LogP contribution in [0.3, 0.4) is 0 Å². The van der Waals surface area contributed by atoms with Crippen molar-refractivity contribution >= 4 is 12.1 Å². The van der Waals surface area contributed by atoms with Gasteiger partial charge in [-0.1, -0.05) is 18.2 Å². The molecule has 1 aliphatic rings. The van der Waals surface area contributed by atoms with Crippen LogP contribution in [0, 0.1) is 0 Å². The predicted molar refractivity (Wildman–Crippen MR) is 80.1 cm³/mol. The molecule has 0 spiro atoms. The molecule has 0 fully saturated rings. The Morgan fingerprint density at radius 3 is 2.91 bits per heavy atom. The highest BCUT2D eigenvalue weighted by molar-refractivity contribution is 5.85. The number of hydrogen-bond acceptors (Lipinski definition) is 5. The fourth-order valence-electron chi connectivity index (χ4n) is 2.05. The van der Waals surface area contributed by atoms with Crippen molar-refractivity contribution in [2.45, 2.75) is 6.42 Å². The monoisotopic (exact) mass is 298 g/mol. The second-order valence-corrected chi connectivity index (χ2v) is 4.72. The number of nitrogens with one attached hydrogen (secondary N) is 1. The lowest BCUT2D eigenvalue weighted by Gasteiger charge is -2.02. The zero-order valence-electron chi connectivity index (χ0n) is 11.7. The smallest absolute Gasteiger partial charge is 0.244 e. The molecule has 0 unspecified atom stereocenters. The molecular weight excluding hydrogens is 284 g/mol. The molecule has 112 valence electrons. The van der Waals surface area contributed by atoms with Gasteiger partial charge in [0.2, 0.25) is 12.7 Å². The number of aromatic hydroxyl groups is 1. The van der Waals surface area contributed by atoms with Crippen LogP contribution in [0.15, 0.2) is 47.6 Å². The third-order valence-electron chi connectivity index (χ3n) is 3.13. The van der Waals surface area contributed by atoms with Gasteiger partial charge in [-0.2, -0.15) is 5.10 Å². The third kappa shape index (κ3) is 3.17. The van der Waals surface area contributed by atoms with E-state index >= 15 is 0 Å². The zero-order chi connectivity index (χ0) is 15.4. The van der Waals surface area contributed by atoms with E-state index in [1.165, 1.54) is 6.21 Å². The molecule has 0 saturated carbocycles. The summed E-state index contributed by atoms with van der Waals surface area (Å²) in [4.78, 5) is 11.8. The minimum Gasteiger partial charge on any atom is -0.507 e. The first-order chi connectivity index (χ1) is 10.7. The summed E-state index contributed by atoms with van der Waals surface area (Å²) >= 11 is 0. The van der Waals surface area contributed by atoms with E-state index in [9.17, 15) is 9.90 Å². The Balaban J connectivity index is 1.58. The average Bonchev–Trinajstić information content (AvgIpc) is 2.97. The van der Waals surface area contributed by atoms with Crippen molar-refractivity contribution in [3.8, 4) is 17.2 Å². The van der Waals surface area contributed by atoms with Crippen molar-refractivity contribution in [3.05, 3.63) is 53.6 Å². The van der Waals surface area contributed by atoms with Gasteiger partial charge in [-0.25, -0.2) is 5.43 Å². The molecule has 0 atom stereocenters. The largest absolute Gasteiger partial charge is 0.507 e.